The van der Waals surface area contributed by atoms with Gasteiger partial charge in [0.15, 0.2) is 5.16 Å². The number of para-hydroxylation sites is 2. The van der Waals surface area contributed by atoms with E-state index in [1.807, 2.05) is 53.1 Å². The predicted molar refractivity (Wildman–Crippen MR) is 97.9 cm³/mol. The molecule has 0 aliphatic carbocycles. The summed E-state index contributed by atoms with van der Waals surface area (Å²) in [6.07, 6.45) is 1.69. The van der Waals surface area contributed by atoms with Gasteiger partial charge in [0.25, 0.3) is 5.56 Å². The Morgan fingerprint density at radius 3 is 2.64 bits per heavy atom. The molecule has 7 heteroatoms. The molecular weight excluding hydrogens is 334 g/mol. The first kappa shape index (κ1) is 15.6. The Morgan fingerprint density at radius 1 is 1.04 bits per heavy atom. The van der Waals surface area contributed by atoms with Gasteiger partial charge in [0.1, 0.15) is 12.2 Å². The van der Waals surface area contributed by atoms with E-state index >= 15 is 0 Å². The molecule has 0 atom stereocenters. The van der Waals surface area contributed by atoms with Gasteiger partial charge in [-0.3, -0.25) is 13.9 Å². The van der Waals surface area contributed by atoms with E-state index in [0.29, 0.717) is 22.5 Å². The van der Waals surface area contributed by atoms with E-state index in [4.69, 9.17) is 0 Å². The molecule has 0 bridgehead atoms. The molecule has 0 saturated heterocycles. The van der Waals surface area contributed by atoms with E-state index in [1.165, 1.54) is 11.8 Å². The zero-order valence-corrected chi connectivity index (χ0v) is 14.3. The zero-order chi connectivity index (χ0) is 17.2. The Hall–Kier alpha value is -2.93. The number of fused-ring (bicyclic) bond motifs is 1. The van der Waals surface area contributed by atoms with Crippen LogP contribution in [-0.4, -0.2) is 24.3 Å². The average molecular weight is 349 g/mol. The van der Waals surface area contributed by atoms with Crippen LogP contribution in [0.1, 0.15) is 5.82 Å². The van der Waals surface area contributed by atoms with Crippen LogP contribution in [0.25, 0.3) is 16.6 Å². The molecule has 0 N–H and O–H groups in total. The van der Waals surface area contributed by atoms with Crippen molar-refractivity contribution in [1.29, 1.82) is 0 Å². The number of nitrogens with zero attached hydrogens (tertiary/aromatic N) is 5. The van der Waals surface area contributed by atoms with Gasteiger partial charge in [0, 0.05) is 12.7 Å². The highest BCUT2D eigenvalue weighted by atomic mass is 32.2. The van der Waals surface area contributed by atoms with Crippen LogP contribution in [0.2, 0.25) is 0 Å². The second kappa shape index (κ2) is 6.52. The average Bonchev–Trinajstić information content (AvgIpc) is 3.13. The highest BCUT2D eigenvalue weighted by Gasteiger charge is 2.11. The van der Waals surface area contributed by atoms with Crippen molar-refractivity contribution >= 4 is 22.7 Å². The van der Waals surface area contributed by atoms with Gasteiger partial charge in [-0.2, -0.15) is 0 Å². The third-order valence-corrected chi connectivity index (χ3v) is 4.90. The molecule has 25 heavy (non-hydrogen) atoms. The van der Waals surface area contributed by atoms with Crippen LogP contribution in [-0.2, 0) is 12.8 Å². The molecule has 0 unspecified atom stereocenters. The molecule has 4 rings (SSSR count). The van der Waals surface area contributed by atoms with Crippen LogP contribution in [0.4, 0.5) is 0 Å². The molecule has 2 aromatic heterocycles. The zero-order valence-electron chi connectivity index (χ0n) is 13.5. The SMILES string of the molecule is Cn1c(CSc2nncn2-c2ccccc2)nc2ccccc2c1=O. The van der Waals surface area contributed by atoms with Crippen molar-refractivity contribution in [3.05, 3.63) is 77.1 Å². The van der Waals surface area contributed by atoms with Gasteiger partial charge < -0.3 is 0 Å². The Labute approximate surface area is 148 Å². The maximum Gasteiger partial charge on any atom is 0.261 e. The van der Waals surface area contributed by atoms with Crippen molar-refractivity contribution in [1.82, 2.24) is 24.3 Å². The first-order chi connectivity index (χ1) is 12.2. The number of rotatable bonds is 4. The molecule has 0 radical (unpaired) electrons. The first-order valence-corrected chi connectivity index (χ1v) is 8.75. The highest BCUT2D eigenvalue weighted by Crippen LogP contribution is 2.22. The maximum atomic E-state index is 12.5. The van der Waals surface area contributed by atoms with Gasteiger partial charge in [-0.05, 0) is 24.3 Å². The Morgan fingerprint density at radius 2 is 1.80 bits per heavy atom. The molecule has 4 aromatic rings. The molecule has 0 saturated carbocycles. The number of hydrogen-bond donors (Lipinski definition) is 0. The fourth-order valence-corrected chi connectivity index (χ4v) is 3.52. The number of benzene rings is 2. The normalized spacial score (nSPS) is 11.1. The van der Waals surface area contributed by atoms with E-state index in [0.717, 1.165) is 10.8 Å². The number of hydrogen-bond acceptors (Lipinski definition) is 5. The second-order valence-electron chi connectivity index (χ2n) is 5.52. The lowest BCUT2D eigenvalue weighted by atomic mass is 10.2. The summed E-state index contributed by atoms with van der Waals surface area (Å²) >= 11 is 1.50. The number of aromatic nitrogens is 5. The van der Waals surface area contributed by atoms with Gasteiger partial charge in [-0.25, -0.2) is 4.98 Å². The van der Waals surface area contributed by atoms with Crippen molar-refractivity contribution in [2.45, 2.75) is 10.9 Å². The third-order valence-electron chi connectivity index (χ3n) is 3.96. The molecule has 124 valence electrons. The van der Waals surface area contributed by atoms with E-state index < -0.39 is 0 Å². The Bertz CT molecular complexity index is 1090. The molecular formula is C18H15N5OS. The molecule has 2 heterocycles. The van der Waals surface area contributed by atoms with Crippen molar-refractivity contribution in [3.63, 3.8) is 0 Å². The summed E-state index contributed by atoms with van der Waals surface area (Å²) in [5.74, 6) is 1.23. The predicted octanol–water partition coefficient (Wildman–Crippen LogP) is 2.81. The minimum absolute atomic E-state index is 0.0364. The first-order valence-electron chi connectivity index (χ1n) is 7.77. The van der Waals surface area contributed by atoms with Crippen LogP contribution < -0.4 is 5.56 Å². The van der Waals surface area contributed by atoms with Crippen LogP contribution in [0.5, 0.6) is 0 Å². The lowest BCUT2D eigenvalue weighted by Crippen LogP contribution is -2.21. The van der Waals surface area contributed by atoms with Crippen molar-refractivity contribution in [2.75, 3.05) is 0 Å². The van der Waals surface area contributed by atoms with Crippen molar-refractivity contribution in [3.8, 4) is 5.69 Å². The smallest absolute Gasteiger partial charge is 0.261 e. The van der Waals surface area contributed by atoms with Gasteiger partial charge in [0.2, 0.25) is 0 Å². The standard InChI is InChI=1S/C18H15N5OS/c1-22-16(20-15-10-6-5-9-14(15)17(22)24)11-25-18-21-19-12-23(18)13-7-3-2-4-8-13/h2-10,12H,11H2,1H3. The third kappa shape index (κ3) is 2.94. The fourth-order valence-electron chi connectivity index (χ4n) is 2.61. The molecule has 6 nitrogen and oxygen atoms in total. The molecule has 0 aliphatic heterocycles. The van der Waals surface area contributed by atoms with Gasteiger partial charge in [0.05, 0.1) is 16.7 Å². The monoisotopic (exact) mass is 349 g/mol. The molecule has 0 amide bonds. The summed E-state index contributed by atoms with van der Waals surface area (Å²) in [5.41, 5.74) is 1.67. The van der Waals surface area contributed by atoms with Gasteiger partial charge in [-0.1, -0.05) is 42.1 Å². The van der Waals surface area contributed by atoms with Crippen LogP contribution in [0.3, 0.4) is 0 Å². The summed E-state index contributed by atoms with van der Waals surface area (Å²) in [7, 11) is 1.75. The summed E-state index contributed by atoms with van der Waals surface area (Å²) in [6, 6.07) is 17.3. The highest BCUT2D eigenvalue weighted by molar-refractivity contribution is 7.98. The lowest BCUT2D eigenvalue weighted by Gasteiger charge is -2.09. The second-order valence-corrected chi connectivity index (χ2v) is 6.46. The minimum Gasteiger partial charge on any atom is -0.299 e. The Balaban J connectivity index is 1.65. The van der Waals surface area contributed by atoms with Crippen LogP contribution in [0.15, 0.2) is 70.9 Å². The minimum atomic E-state index is -0.0364. The summed E-state index contributed by atoms with van der Waals surface area (Å²) in [6.45, 7) is 0. The van der Waals surface area contributed by atoms with Crippen LogP contribution in [0, 0.1) is 0 Å². The molecule has 0 aliphatic rings. The summed E-state index contributed by atoms with van der Waals surface area (Å²) in [4.78, 5) is 17.1. The van der Waals surface area contributed by atoms with Gasteiger partial charge in [-0.15, -0.1) is 10.2 Å². The van der Waals surface area contributed by atoms with E-state index in [1.54, 1.807) is 24.0 Å². The van der Waals surface area contributed by atoms with Gasteiger partial charge >= 0.3 is 0 Å². The fraction of sp³-hybridized carbons (Fsp3) is 0.111. The summed E-state index contributed by atoms with van der Waals surface area (Å²) in [5, 5.41) is 9.58. The summed E-state index contributed by atoms with van der Waals surface area (Å²) < 4.78 is 3.52. The largest absolute Gasteiger partial charge is 0.299 e. The van der Waals surface area contributed by atoms with E-state index in [-0.39, 0.29) is 5.56 Å². The molecule has 0 spiro atoms. The lowest BCUT2D eigenvalue weighted by molar-refractivity contribution is 0.782. The van der Waals surface area contributed by atoms with E-state index in [2.05, 4.69) is 15.2 Å². The van der Waals surface area contributed by atoms with Crippen LogP contribution >= 0.6 is 11.8 Å². The Kier molecular flexibility index (Phi) is 4.07. The maximum absolute atomic E-state index is 12.5. The molecule has 0 fully saturated rings. The number of thioether (sulfide) groups is 1. The van der Waals surface area contributed by atoms with Crippen molar-refractivity contribution in [2.24, 2.45) is 7.05 Å². The topological polar surface area (TPSA) is 65.6 Å². The van der Waals surface area contributed by atoms with E-state index in [9.17, 15) is 4.79 Å². The quantitative estimate of drug-likeness (QED) is 0.530. The van der Waals surface area contributed by atoms with Crippen molar-refractivity contribution < 1.29 is 0 Å². The molecule has 2 aromatic carbocycles.